The molecule has 13 nitrogen and oxygen atoms in total. The third kappa shape index (κ3) is 13.6. The lowest BCUT2D eigenvalue weighted by atomic mass is 9.89. The third-order valence-electron chi connectivity index (χ3n) is 11.1. The fourth-order valence-electron chi connectivity index (χ4n) is 7.95. The van der Waals surface area contributed by atoms with Gasteiger partial charge in [0, 0.05) is 51.0 Å². The van der Waals surface area contributed by atoms with Crippen molar-refractivity contribution in [3.63, 3.8) is 0 Å². The number of amides is 5. The molecule has 1 aromatic rings. The molecule has 1 aromatic carbocycles. The van der Waals surface area contributed by atoms with Crippen molar-refractivity contribution in [1.29, 1.82) is 0 Å². The number of hydrogen-bond donors (Lipinski definition) is 3. The Morgan fingerprint density at radius 1 is 0.964 bits per heavy atom. The molecule has 1 aliphatic heterocycles. The first-order valence-electron chi connectivity index (χ1n) is 20.3. The highest BCUT2D eigenvalue weighted by molar-refractivity contribution is 7.99. The summed E-state index contributed by atoms with van der Waals surface area (Å²) in [5.74, 6) is -0.577. The van der Waals surface area contributed by atoms with Crippen molar-refractivity contribution in [1.82, 2.24) is 30.7 Å². The van der Waals surface area contributed by atoms with E-state index in [0.29, 0.717) is 31.8 Å². The first kappa shape index (κ1) is 48.8. The molecular weight excluding hydrogens is 733 g/mol. The van der Waals surface area contributed by atoms with E-state index in [1.807, 2.05) is 83.8 Å². The van der Waals surface area contributed by atoms with E-state index in [1.54, 1.807) is 43.0 Å². The number of nitrogens with zero attached hydrogens (tertiary/aromatic N) is 3. The summed E-state index contributed by atoms with van der Waals surface area (Å²) in [6.45, 7) is 17.2. The van der Waals surface area contributed by atoms with Gasteiger partial charge in [-0.1, -0.05) is 67.0 Å². The van der Waals surface area contributed by atoms with Gasteiger partial charge in [0.05, 0.1) is 24.6 Å². The molecule has 14 heteroatoms. The smallest absolute Gasteiger partial charge is 0.410 e. The number of carbonyl (C=O) groups excluding carboxylic acids is 5. The second-order valence-corrected chi connectivity index (χ2v) is 17.1. The van der Waals surface area contributed by atoms with Crippen LogP contribution in [-0.2, 0) is 30.3 Å². The zero-order valence-electron chi connectivity index (χ0n) is 36.3. The number of likely N-dealkylation sites (tertiary alicyclic amines) is 1. The molecule has 318 valence electrons. The monoisotopic (exact) mass is 805 g/mol. The van der Waals surface area contributed by atoms with Gasteiger partial charge in [0.2, 0.25) is 23.6 Å². The zero-order chi connectivity index (χ0) is 42.3. The Labute approximate surface area is 341 Å². The minimum atomic E-state index is -0.746. The Balaban J connectivity index is 2.17. The molecule has 8 unspecified atom stereocenters. The summed E-state index contributed by atoms with van der Waals surface area (Å²) in [5.41, 5.74) is 0.929. The molecule has 0 aromatic heterocycles. The topological polar surface area (TPSA) is 150 Å². The molecule has 1 aliphatic rings. The predicted octanol–water partition coefficient (Wildman–Crippen LogP) is 4.82. The SMILES string of the molecule is CCNC(=O)Oc1cccc(CCNC(=O)C(C)C(SC)C2CCCN2C(=O)CC(OC)C(C(C)CC)N(C)C(=O)C(NC(=O)C(C(C)C)N(C)C)C(C)C)c1. The van der Waals surface area contributed by atoms with Gasteiger partial charge in [-0.25, -0.2) is 4.79 Å². The van der Waals surface area contributed by atoms with Crippen molar-refractivity contribution < 1.29 is 33.4 Å². The lowest BCUT2D eigenvalue weighted by Gasteiger charge is -2.41. The molecule has 2 rings (SSSR count). The molecule has 8 atom stereocenters. The van der Waals surface area contributed by atoms with E-state index in [1.165, 1.54) is 0 Å². The van der Waals surface area contributed by atoms with Crippen molar-refractivity contribution in [3.8, 4) is 5.75 Å². The van der Waals surface area contributed by atoms with E-state index in [2.05, 4.69) is 29.8 Å². The zero-order valence-corrected chi connectivity index (χ0v) is 37.2. The molecule has 0 radical (unpaired) electrons. The second-order valence-electron chi connectivity index (χ2n) is 16.1. The lowest BCUT2D eigenvalue weighted by molar-refractivity contribution is -0.146. The molecule has 0 saturated carbocycles. The maximum absolute atomic E-state index is 14.2. The van der Waals surface area contributed by atoms with Crippen molar-refractivity contribution in [2.24, 2.45) is 23.7 Å². The van der Waals surface area contributed by atoms with Crippen LogP contribution in [0, 0.1) is 23.7 Å². The average Bonchev–Trinajstić information content (AvgIpc) is 3.62. The minimum Gasteiger partial charge on any atom is -0.410 e. The highest BCUT2D eigenvalue weighted by Crippen LogP contribution is 2.33. The van der Waals surface area contributed by atoms with Gasteiger partial charge in [0.1, 0.15) is 11.8 Å². The number of nitrogens with one attached hydrogen (secondary N) is 3. The maximum Gasteiger partial charge on any atom is 0.412 e. The average molecular weight is 805 g/mol. The standard InChI is InChI=1S/C42H72N6O7S/c1-14-28(7)37(47(11)41(52)35(26(3)4)45-40(51)36(27(5)6)46(9)10)33(54-12)25-34(49)48-23-17-20-32(48)38(56-13)29(8)39(50)44-22-21-30-18-16-19-31(24-30)55-42(53)43-15-2/h16,18-19,24,26-29,32-33,35-38H,14-15,17,20-23,25H2,1-13H3,(H,43,53)(H,44,50)(H,45,51). The van der Waals surface area contributed by atoms with Crippen LogP contribution in [-0.4, -0.2) is 134 Å². The number of ether oxygens (including phenoxy) is 2. The summed E-state index contributed by atoms with van der Waals surface area (Å²) in [4.78, 5) is 72.7. The number of benzene rings is 1. The van der Waals surface area contributed by atoms with Crippen LogP contribution in [0.1, 0.15) is 86.6 Å². The summed E-state index contributed by atoms with van der Waals surface area (Å²) >= 11 is 1.60. The number of methoxy groups -OCH3 is 1. The van der Waals surface area contributed by atoms with Crippen LogP contribution in [0.25, 0.3) is 0 Å². The van der Waals surface area contributed by atoms with Crippen molar-refractivity contribution in [2.45, 2.75) is 123 Å². The Hall–Kier alpha value is -3.36. The fourth-order valence-corrected chi connectivity index (χ4v) is 9.08. The van der Waals surface area contributed by atoms with Crippen molar-refractivity contribution >= 4 is 41.5 Å². The normalized spacial score (nSPS) is 18.1. The molecule has 1 saturated heterocycles. The Morgan fingerprint density at radius 3 is 2.20 bits per heavy atom. The first-order valence-corrected chi connectivity index (χ1v) is 21.6. The van der Waals surface area contributed by atoms with Crippen molar-refractivity contribution in [3.05, 3.63) is 29.8 Å². The fraction of sp³-hybridized carbons (Fsp3) is 0.738. The van der Waals surface area contributed by atoms with Gasteiger partial charge in [-0.3, -0.25) is 24.1 Å². The number of thioether (sulfide) groups is 1. The van der Waals surface area contributed by atoms with E-state index >= 15 is 0 Å². The van der Waals surface area contributed by atoms with E-state index in [-0.39, 0.29) is 71.1 Å². The van der Waals surface area contributed by atoms with Gasteiger partial charge in [0.15, 0.2) is 0 Å². The van der Waals surface area contributed by atoms with E-state index in [0.717, 1.165) is 24.8 Å². The number of rotatable bonds is 22. The van der Waals surface area contributed by atoms with Gasteiger partial charge in [-0.15, -0.1) is 0 Å². The van der Waals surface area contributed by atoms with Gasteiger partial charge in [0.25, 0.3) is 0 Å². The highest BCUT2D eigenvalue weighted by Gasteiger charge is 2.42. The third-order valence-corrected chi connectivity index (χ3v) is 12.4. The first-order chi connectivity index (χ1) is 26.4. The van der Waals surface area contributed by atoms with Crippen LogP contribution in [0.15, 0.2) is 24.3 Å². The van der Waals surface area contributed by atoms with Crippen LogP contribution in [0.3, 0.4) is 0 Å². The Kier molecular flexibility index (Phi) is 20.7. The van der Waals surface area contributed by atoms with Gasteiger partial charge in [-0.05, 0) is 82.0 Å². The Morgan fingerprint density at radius 2 is 1.64 bits per heavy atom. The van der Waals surface area contributed by atoms with Crippen molar-refractivity contribution in [2.75, 3.05) is 54.1 Å². The molecule has 56 heavy (non-hydrogen) atoms. The quantitative estimate of drug-likeness (QED) is 0.150. The van der Waals surface area contributed by atoms with E-state index < -0.39 is 24.3 Å². The molecular formula is C42H72N6O7S. The van der Waals surface area contributed by atoms with Gasteiger partial charge >= 0.3 is 6.09 Å². The second kappa shape index (κ2) is 23.8. The molecule has 5 amide bonds. The number of carbonyl (C=O) groups is 5. The van der Waals surface area contributed by atoms with Crippen LogP contribution in [0.5, 0.6) is 5.75 Å². The molecule has 1 fully saturated rings. The van der Waals surface area contributed by atoms with Crippen LogP contribution in [0.4, 0.5) is 4.79 Å². The summed E-state index contributed by atoms with van der Waals surface area (Å²) < 4.78 is 11.4. The maximum atomic E-state index is 14.2. The summed E-state index contributed by atoms with van der Waals surface area (Å²) in [6.07, 6.45) is 3.92. The van der Waals surface area contributed by atoms with Gasteiger partial charge < -0.3 is 35.2 Å². The predicted molar refractivity (Wildman–Crippen MR) is 225 cm³/mol. The molecule has 0 aliphatic carbocycles. The lowest BCUT2D eigenvalue weighted by Crippen LogP contribution is -2.59. The van der Waals surface area contributed by atoms with Gasteiger partial charge in [-0.2, -0.15) is 11.8 Å². The van der Waals surface area contributed by atoms with Crippen LogP contribution >= 0.6 is 11.8 Å². The van der Waals surface area contributed by atoms with E-state index in [9.17, 15) is 24.0 Å². The molecule has 0 spiro atoms. The number of likely N-dealkylation sites (N-methyl/N-ethyl adjacent to an activating group) is 2. The van der Waals surface area contributed by atoms with E-state index in [4.69, 9.17) is 9.47 Å². The summed E-state index contributed by atoms with van der Waals surface area (Å²) in [5, 5.41) is 8.61. The largest absolute Gasteiger partial charge is 0.412 e. The number of hydrogen-bond acceptors (Lipinski definition) is 9. The summed E-state index contributed by atoms with van der Waals surface area (Å²) in [6, 6.07) is 5.56. The Bertz CT molecular complexity index is 1420. The van der Waals surface area contributed by atoms with Crippen LogP contribution < -0.4 is 20.7 Å². The summed E-state index contributed by atoms with van der Waals surface area (Å²) in [7, 11) is 7.06. The molecule has 3 N–H and O–H groups in total. The van der Waals surface area contributed by atoms with Crippen LogP contribution in [0.2, 0.25) is 0 Å². The minimum absolute atomic E-state index is 0.00278. The molecule has 1 heterocycles. The highest BCUT2D eigenvalue weighted by atomic mass is 32.2. The molecule has 0 bridgehead atoms.